The van der Waals surface area contributed by atoms with E-state index in [0.29, 0.717) is 0 Å². The maximum atomic E-state index is 5.55. The van der Waals surface area contributed by atoms with Crippen molar-refractivity contribution in [1.29, 1.82) is 0 Å². The molecule has 1 aliphatic heterocycles. The van der Waals surface area contributed by atoms with Crippen LogP contribution in [0.3, 0.4) is 0 Å². The van der Waals surface area contributed by atoms with Gasteiger partial charge in [0.1, 0.15) is 0 Å². The van der Waals surface area contributed by atoms with Crippen LogP contribution in [-0.4, -0.2) is 61.8 Å². The number of nitrogens with zero attached hydrogens (tertiary/aromatic N) is 2. The highest BCUT2D eigenvalue weighted by atomic mass is 127. The Morgan fingerprint density at radius 1 is 1.13 bits per heavy atom. The van der Waals surface area contributed by atoms with Crippen molar-refractivity contribution >= 4 is 29.9 Å². The minimum absolute atomic E-state index is 0. The fourth-order valence-corrected chi connectivity index (χ4v) is 3.64. The van der Waals surface area contributed by atoms with Crippen LogP contribution >= 0.6 is 24.0 Å². The quantitative estimate of drug-likeness (QED) is 0.404. The highest BCUT2D eigenvalue weighted by Crippen LogP contribution is 2.33. The van der Waals surface area contributed by atoms with E-state index < -0.39 is 0 Å². The lowest BCUT2D eigenvalue weighted by Gasteiger charge is -2.48. The second-order valence-corrected chi connectivity index (χ2v) is 7.69. The number of guanidine groups is 1. The standard InChI is InChI=1S/C17H34N4O.HI/c1-16(2,3)20-15(18-4)19-14-17(8-6-5-7-9-17)21-10-12-22-13-11-21;/h5-14H2,1-4H3,(H2,18,19,20);1H. The summed E-state index contributed by atoms with van der Waals surface area (Å²) in [5, 5.41) is 7.05. The van der Waals surface area contributed by atoms with Gasteiger partial charge in [0, 0.05) is 37.8 Å². The summed E-state index contributed by atoms with van der Waals surface area (Å²) in [4.78, 5) is 7.05. The van der Waals surface area contributed by atoms with Crippen molar-refractivity contribution in [3.63, 3.8) is 0 Å². The van der Waals surface area contributed by atoms with Crippen molar-refractivity contribution in [2.45, 2.75) is 64.0 Å². The third kappa shape index (κ3) is 6.38. The lowest BCUT2D eigenvalue weighted by Crippen LogP contribution is -2.61. The first kappa shape index (κ1) is 21.0. The van der Waals surface area contributed by atoms with E-state index in [1.54, 1.807) is 0 Å². The number of ether oxygens (including phenoxy) is 1. The molecule has 1 aliphatic carbocycles. The zero-order valence-corrected chi connectivity index (χ0v) is 17.6. The second-order valence-electron chi connectivity index (χ2n) is 7.69. The summed E-state index contributed by atoms with van der Waals surface area (Å²) in [6.07, 6.45) is 6.62. The third-order valence-electron chi connectivity index (χ3n) is 4.77. The predicted molar refractivity (Wildman–Crippen MR) is 108 cm³/mol. The molecule has 23 heavy (non-hydrogen) atoms. The van der Waals surface area contributed by atoms with Crippen molar-refractivity contribution in [1.82, 2.24) is 15.5 Å². The van der Waals surface area contributed by atoms with E-state index in [2.05, 4.69) is 41.3 Å². The van der Waals surface area contributed by atoms with Crippen molar-refractivity contribution in [3.8, 4) is 0 Å². The minimum Gasteiger partial charge on any atom is -0.379 e. The van der Waals surface area contributed by atoms with Crippen molar-refractivity contribution in [2.75, 3.05) is 39.9 Å². The molecule has 1 saturated heterocycles. The molecule has 0 aromatic heterocycles. The van der Waals surface area contributed by atoms with Crippen LogP contribution in [0, 0.1) is 0 Å². The fourth-order valence-electron chi connectivity index (χ4n) is 3.64. The molecule has 2 aliphatic rings. The number of morpholine rings is 1. The van der Waals surface area contributed by atoms with Crippen LogP contribution in [0.4, 0.5) is 0 Å². The monoisotopic (exact) mass is 438 g/mol. The third-order valence-corrected chi connectivity index (χ3v) is 4.77. The lowest BCUT2D eigenvalue weighted by molar-refractivity contribution is -0.0353. The number of hydrogen-bond acceptors (Lipinski definition) is 3. The van der Waals surface area contributed by atoms with Crippen LogP contribution in [0.5, 0.6) is 0 Å². The topological polar surface area (TPSA) is 48.9 Å². The van der Waals surface area contributed by atoms with Crippen molar-refractivity contribution < 1.29 is 4.74 Å². The molecule has 2 fully saturated rings. The first-order valence-electron chi connectivity index (χ1n) is 8.77. The minimum atomic E-state index is 0. The van der Waals surface area contributed by atoms with E-state index in [-0.39, 0.29) is 35.1 Å². The molecule has 5 nitrogen and oxygen atoms in total. The summed E-state index contributed by atoms with van der Waals surface area (Å²) in [6, 6.07) is 0. The SMILES string of the molecule is CN=C(NCC1(N2CCOCC2)CCCCC1)NC(C)(C)C.I. The van der Waals surface area contributed by atoms with Gasteiger partial charge in [-0.05, 0) is 33.6 Å². The molecule has 0 aromatic rings. The molecule has 1 heterocycles. The van der Waals surface area contributed by atoms with Crippen LogP contribution < -0.4 is 10.6 Å². The van der Waals surface area contributed by atoms with Crippen LogP contribution in [-0.2, 0) is 4.74 Å². The normalized spacial score (nSPS) is 23.0. The summed E-state index contributed by atoms with van der Waals surface area (Å²) < 4.78 is 5.55. The summed E-state index contributed by atoms with van der Waals surface area (Å²) in [5.74, 6) is 0.908. The van der Waals surface area contributed by atoms with Crippen LogP contribution in [0.1, 0.15) is 52.9 Å². The second kappa shape index (κ2) is 9.42. The maximum Gasteiger partial charge on any atom is 0.191 e. The fraction of sp³-hybridized carbons (Fsp3) is 0.941. The van der Waals surface area contributed by atoms with Gasteiger partial charge >= 0.3 is 0 Å². The number of hydrogen-bond donors (Lipinski definition) is 2. The highest BCUT2D eigenvalue weighted by Gasteiger charge is 2.38. The Hall–Kier alpha value is -0.0800. The number of rotatable bonds is 3. The molecular weight excluding hydrogens is 403 g/mol. The Bertz CT molecular complexity index is 369. The first-order chi connectivity index (χ1) is 10.5. The van der Waals surface area contributed by atoms with Gasteiger partial charge in [0.2, 0.25) is 0 Å². The summed E-state index contributed by atoms with van der Waals surface area (Å²) in [7, 11) is 1.85. The molecule has 1 saturated carbocycles. The van der Waals surface area contributed by atoms with E-state index in [9.17, 15) is 0 Å². The van der Waals surface area contributed by atoms with Crippen molar-refractivity contribution in [2.24, 2.45) is 4.99 Å². The van der Waals surface area contributed by atoms with Crippen LogP contribution in [0.2, 0.25) is 0 Å². The average molecular weight is 438 g/mol. The molecule has 136 valence electrons. The van der Waals surface area contributed by atoms with E-state index >= 15 is 0 Å². The van der Waals surface area contributed by atoms with Crippen LogP contribution in [0.15, 0.2) is 4.99 Å². The van der Waals surface area contributed by atoms with Gasteiger partial charge in [-0.2, -0.15) is 0 Å². The predicted octanol–water partition coefficient (Wildman–Crippen LogP) is 2.60. The molecule has 0 unspecified atom stereocenters. The summed E-state index contributed by atoms with van der Waals surface area (Å²) in [5.41, 5.74) is 0.304. The molecule has 0 spiro atoms. The van der Waals surface area contributed by atoms with E-state index in [1.807, 2.05) is 7.05 Å². The van der Waals surface area contributed by atoms with Gasteiger partial charge < -0.3 is 15.4 Å². The molecule has 0 atom stereocenters. The molecule has 0 radical (unpaired) electrons. The van der Waals surface area contributed by atoms with E-state index in [4.69, 9.17) is 4.74 Å². The van der Waals surface area contributed by atoms with E-state index in [0.717, 1.165) is 38.8 Å². The Morgan fingerprint density at radius 2 is 1.74 bits per heavy atom. The summed E-state index contributed by atoms with van der Waals surface area (Å²) in [6.45, 7) is 11.3. The van der Waals surface area contributed by atoms with Gasteiger partial charge in [0.25, 0.3) is 0 Å². The van der Waals surface area contributed by atoms with Gasteiger partial charge in [-0.15, -0.1) is 24.0 Å². The summed E-state index contributed by atoms with van der Waals surface area (Å²) >= 11 is 0. The molecule has 0 bridgehead atoms. The molecule has 6 heteroatoms. The lowest BCUT2D eigenvalue weighted by atomic mass is 9.79. The van der Waals surface area contributed by atoms with E-state index in [1.165, 1.54) is 32.1 Å². The zero-order valence-electron chi connectivity index (χ0n) is 15.3. The number of halogens is 1. The molecule has 0 amide bonds. The Kier molecular flexibility index (Phi) is 8.58. The molecule has 2 N–H and O–H groups in total. The molecular formula is C17H35IN4O. The van der Waals surface area contributed by atoms with Gasteiger partial charge in [0.15, 0.2) is 5.96 Å². The van der Waals surface area contributed by atoms with Gasteiger partial charge in [-0.25, -0.2) is 0 Å². The molecule has 2 rings (SSSR count). The first-order valence-corrected chi connectivity index (χ1v) is 8.77. The molecule has 0 aromatic carbocycles. The number of aliphatic imine (C=N–C) groups is 1. The Labute approximate surface area is 159 Å². The Balaban J connectivity index is 0.00000264. The van der Waals surface area contributed by atoms with Crippen molar-refractivity contribution in [3.05, 3.63) is 0 Å². The maximum absolute atomic E-state index is 5.55. The highest BCUT2D eigenvalue weighted by molar-refractivity contribution is 14.0. The zero-order chi connectivity index (χ0) is 16.1. The van der Waals surface area contributed by atoms with Gasteiger partial charge in [0.05, 0.1) is 13.2 Å². The number of nitrogens with one attached hydrogen (secondary N) is 2. The smallest absolute Gasteiger partial charge is 0.191 e. The van der Waals surface area contributed by atoms with Crippen LogP contribution in [0.25, 0.3) is 0 Å². The Morgan fingerprint density at radius 3 is 2.26 bits per heavy atom. The van der Waals surface area contributed by atoms with Gasteiger partial charge in [-0.3, -0.25) is 9.89 Å². The van der Waals surface area contributed by atoms with Gasteiger partial charge in [-0.1, -0.05) is 19.3 Å². The largest absolute Gasteiger partial charge is 0.379 e. The average Bonchev–Trinajstić information content (AvgIpc) is 2.52.